The van der Waals surface area contributed by atoms with Crippen molar-refractivity contribution in [2.45, 2.75) is 38.8 Å². The molecule has 1 N–H and O–H groups in total. The summed E-state index contributed by atoms with van der Waals surface area (Å²) in [6, 6.07) is 7.26. The standard InChI is InChI=1S/C15H21NO/c1-11-8-9-15(17-3)14(10-11)12(2)16-13-6-4-5-7-13/h4-5,8-10,12-13,16H,6-7H2,1-3H3. The van der Waals surface area contributed by atoms with Crippen molar-refractivity contribution in [1.29, 1.82) is 0 Å². The first-order chi connectivity index (χ1) is 8.20. The van der Waals surface area contributed by atoms with Gasteiger partial charge in [0.05, 0.1) is 7.11 Å². The maximum atomic E-state index is 5.43. The van der Waals surface area contributed by atoms with Crippen LogP contribution >= 0.6 is 0 Å². The number of ether oxygens (including phenoxy) is 1. The third kappa shape index (κ3) is 2.89. The zero-order valence-corrected chi connectivity index (χ0v) is 10.9. The molecule has 0 aromatic heterocycles. The van der Waals surface area contributed by atoms with Crippen molar-refractivity contribution in [2.75, 3.05) is 7.11 Å². The van der Waals surface area contributed by atoms with Crippen molar-refractivity contribution in [1.82, 2.24) is 5.32 Å². The quantitative estimate of drug-likeness (QED) is 0.802. The monoisotopic (exact) mass is 231 g/mol. The van der Waals surface area contributed by atoms with E-state index in [1.54, 1.807) is 7.11 Å². The average molecular weight is 231 g/mol. The summed E-state index contributed by atoms with van der Waals surface area (Å²) in [5.74, 6) is 0.974. The molecule has 0 amide bonds. The van der Waals surface area contributed by atoms with Gasteiger partial charge in [-0.3, -0.25) is 0 Å². The molecule has 0 radical (unpaired) electrons. The van der Waals surface area contributed by atoms with Gasteiger partial charge in [0, 0.05) is 17.6 Å². The average Bonchev–Trinajstić information content (AvgIpc) is 2.81. The highest BCUT2D eigenvalue weighted by Crippen LogP contribution is 2.27. The minimum atomic E-state index is 0.328. The largest absolute Gasteiger partial charge is 0.496 e. The lowest BCUT2D eigenvalue weighted by atomic mass is 10.0. The molecule has 1 aromatic carbocycles. The molecule has 1 aliphatic rings. The topological polar surface area (TPSA) is 21.3 Å². The van der Waals surface area contributed by atoms with E-state index in [1.807, 2.05) is 0 Å². The highest BCUT2D eigenvalue weighted by molar-refractivity contribution is 5.39. The molecular formula is C15H21NO. The van der Waals surface area contributed by atoms with Gasteiger partial charge in [0.15, 0.2) is 0 Å². The Morgan fingerprint density at radius 3 is 2.65 bits per heavy atom. The lowest BCUT2D eigenvalue weighted by molar-refractivity contribution is 0.394. The van der Waals surface area contributed by atoms with Gasteiger partial charge in [0.25, 0.3) is 0 Å². The summed E-state index contributed by atoms with van der Waals surface area (Å²) < 4.78 is 5.43. The fraction of sp³-hybridized carbons (Fsp3) is 0.467. The van der Waals surface area contributed by atoms with Crippen LogP contribution in [0.15, 0.2) is 30.4 Å². The summed E-state index contributed by atoms with van der Waals surface area (Å²) >= 11 is 0. The van der Waals surface area contributed by atoms with Gasteiger partial charge in [0.1, 0.15) is 5.75 Å². The van der Waals surface area contributed by atoms with E-state index in [0.29, 0.717) is 12.1 Å². The van der Waals surface area contributed by atoms with Crippen molar-refractivity contribution < 1.29 is 4.74 Å². The molecule has 0 bridgehead atoms. The summed E-state index contributed by atoms with van der Waals surface area (Å²) in [6.07, 6.45) is 6.77. The van der Waals surface area contributed by atoms with Crippen LogP contribution in [0.2, 0.25) is 0 Å². The van der Waals surface area contributed by atoms with E-state index >= 15 is 0 Å². The molecule has 1 unspecified atom stereocenters. The molecule has 92 valence electrons. The van der Waals surface area contributed by atoms with Crippen molar-refractivity contribution in [3.63, 3.8) is 0 Å². The normalized spacial score (nSPS) is 17.4. The molecular weight excluding hydrogens is 210 g/mol. The number of hydrogen-bond donors (Lipinski definition) is 1. The first-order valence-electron chi connectivity index (χ1n) is 6.26. The maximum Gasteiger partial charge on any atom is 0.123 e. The van der Waals surface area contributed by atoms with Crippen LogP contribution in [0.4, 0.5) is 0 Å². The second-order valence-corrected chi connectivity index (χ2v) is 4.77. The summed E-state index contributed by atoms with van der Waals surface area (Å²) in [6.45, 7) is 4.32. The lowest BCUT2D eigenvalue weighted by Crippen LogP contribution is -2.29. The second kappa shape index (κ2) is 5.37. The Balaban J connectivity index is 2.11. The molecule has 0 saturated carbocycles. The Bertz CT molecular complexity index is 403. The molecule has 1 aliphatic carbocycles. The predicted molar refractivity (Wildman–Crippen MR) is 71.4 cm³/mol. The predicted octanol–water partition coefficient (Wildman–Crippen LogP) is 3.37. The first-order valence-corrected chi connectivity index (χ1v) is 6.26. The van der Waals surface area contributed by atoms with Crippen molar-refractivity contribution in [3.05, 3.63) is 41.5 Å². The van der Waals surface area contributed by atoms with E-state index < -0.39 is 0 Å². The van der Waals surface area contributed by atoms with E-state index in [-0.39, 0.29) is 0 Å². The fourth-order valence-electron chi connectivity index (χ4n) is 2.39. The van der Waals surface area contributed by atoms with Gasteiger partial charge in [-0.05, 0) is 32.8 Å². The molecule has 2 nitrogen and oxygen atoms in total. The van der Waals surface area contributed by atoms with E-state index in [0.717, 1.165) is 18.6 Å². The molecule has 2 rings (SSSR count). The van der Waals surface area contributed by atoms with Gasteiger partial charge in [-0.2, -0.15) is 0 Å². The first kappa shape index (κ1) is 12.2. The maximum absolute atomic E-state index is 5.43. The van der Waals surface area contributed by atoms with Gasteiger partial charge in [-0.1, -0.05) is 29.8 Å². The van der Waals surface area contributed by atoms with Crippen LogP contribution in [0.1, 0.15) is 36.9 Å². The summed E-state index contributed by atoms with van der Waals surface area (Å²) in [5, 5.41) is 3.65. The van der Waals surface area contributed by atoms with Crippen LogP contribution in [0.25, 0.3) is 0 Å². The van der Waals surface area contributed by atoms with E-state index in [9.17, 15) is 0 Å². The van der Waals surface area contributed by atoms with Crippen LogP contribution in [-0.4, -0.2) is 13.2 Å². The minimum absolute atomic E-state index is 0.328. The van der Waals surface area contributed by atoms with Crippen LogP contribution in [0.5, 0.6) is 5.75 Å². The molecule has 0 saturated heterocycles. The van der Waals surface area contributed by atoms with Gasteiger partial charge in [-0.15, -0.1) is 0 Å². The number of benzene rings is 1. The molecule has 0 aliphatic heterocycles. The highest BCUT2D eigenvalue weighted by atomic mass is 16.5. The highest BCUT2D eigenvalue weighted by Gasteiger charge is 2.16. The number of rotatable bonds is 4. The Morgan fingerprint density at radius 1 is 1.29 bits per heavy atom. The zero-order chi connectivity index (χ0) is 12.3. The van der Waals surface area contributed by atoms with Gasteiger partial charge in [-0.25, -0.2) is 0 Å². The Kier molecular flexibility index (Phi) is 3.85. The number of nitrogens with one attached hydrogen (secondary N) is 1. The SMILES string of the molecule is COc1ccc(C)cc1C(C)NC1CC=CC1. The summed E-state index contributed by atoms with van der Waals surface area (Å²) in [7, 11) is 1.73. The third-order valence-electron chi connectivity index (χ3n) is 3.35. The lowest BCUT2D eigenvalue weighted by Gasteiger charge is -2.22. The van der Waals surface area contributed by atoms with Crippen molar-refractivity contribution in [2.24, 2.45) is 0 Å². The summed E-state index contributed by atoms with van der Waals surface area (Å²) in [5.41, 5.74) is 2.53. The van der Waals surface area contributed by atoms with Crippen molar-refractivity contribution in [3.8, 4) is 5.75 Å². The zero-order valence-electron chi connectivity index (χ0n) is 10.9. The molecule has 17 heavy (non-hydrogen) atoms. The van der Waals surface area contributed by atoms with Crippen LogP contribution in [0.3, 0.4) is 0 Å². The van der Waals surface area contributed by atoms with Crippen LogP contribution in [0, 0.1) is 6.92 Å². The van der Waals surface area contributed by atoms with E-state index in [2.05, 4.69) is 49.5 Å². The Hall–Kier alpha value is -1.28. The number of hydrogen-bond acceptors (Lipinski definition) is 2. The fourth-order valence-corrected chi connectivity index (χ4v) is 2.39. The molecule has 0 fully saturated rings. The van der Waals surface area contributed by atoms with E-state index in [4.69, 9.17) is 4.74 Å². The van der Waals surface area contributed by atoms with Gasteiger partial charge in [0.2, 0.25) is 0 Å². The van der Waals surface area contributed by atoms with Gasteiger partial charge >= 0.3 is 0 Å². The van der Waals surface area contributed by atoms with Gasteiger partial charge < -0.3 is 10.1 Å². The van der Waals surface area contributed by atoms with Crippen molar-refractivity contribution >= 4 is 0 Å². The third-order valence-corrected chi connectivity index (χ3v) is 3.35. The smallest absolute Gasteiger partial charge is 0.123 e. The van der Waals surface area contributed by atoms with E-state index in [1.165, 1.54) is 11.1 Å². The Labute approximate surface area is 104 Å². The molecule has 2 heteroatoms. The molecule has 0 heterocycles. The summed E-state index contributed by atoms with van der Waals surface area (Å²) in [4.78, 5) is 0. The second-order valence-electron chi connectivity index (χ2n) is 4.77. The Morgan fingerprint density at radius 2 is 2.00 bits per heavy atom. The van der Waals surface area contributed by atoms with Crippen LogP contribution < -0.4 is 10.1 Å². The molecule has 1 atom stereocenters. The van der Waals surface area contributed by atoms with Crippen LogP contribution in [-0.2, 0) is 0 Å². The number of methoxy groups -OCH3 is 1. The molecule has 1 aromatic rings. The molecule has 0 spiro atoms. The minimum Gasteiger partial charge on any atom is -0.496 e. The number of aryl methyl sites for hydroxylation is 1.